The van der Waals surface area contributed by atoms with Gasteiger partial charge in [-0.25, -0.2) is 0 Å². The summed E-state index contributed by atoms with van der Waals surface area (Å²) >= 11 is 0. The van der Waals surface area contributed by atoms with Crippen LogP contribution in [0.25, 0.3) is 16.7 Å². The van der Waals surface area contributed by atoms with Crippen LogP contribution in [0.4, 0.5) is 5.82 Å². The number of fused-ring (bicyclic) bond motifs is 2. The van der Waals surface area contributed by atoms with Crippen molar-refractivity contribution in [1.29, 1.82) is 0 Å². The quantitative estimate of drug-likeness (QED) is 0.383. The Labute approximate surface area is 210 Å². The van der Waals surface area contributed by atoms with E-state index in [4.69, 9.17) is 0 Å². The standard InChI is InChI=1S/C30H27N5O/c36-30(31-19-22-8-2-1-3-9-22)18-25-21-35(27-13-7-6-12-26(25)27)29-15-14-28(32-33-29)34-17-16-23-10-4-5-11-24(23)20-34/h1-15,21H,16-20H2,(H,31,36). The molecule has 6 heteroatoms. The van der Waals surface area contributed by atoms with Gasteiger partial charge in [0.1, 0.15) is 0 Å². The zero-order valence-electron chi connectivity index (χ0n) is 20.0. The van der Waals surface area contributed by atoms with Crippen LogP contribution in [0.1, 0.15) is 22.3 Å². The van der Waals surface area contributed by atoms with Gasteiger partial charge in [0.05, 0.1) is 11.9 Å². The Morgan fingerprint density at radius 1 is 0.806 bits per heavy atom. The molecule has 6 nitrogen and oxygen atoms in total. The maximum Gasteiger partial charge on any atom is 0.224 e. The fraction of sp³-hybridized carbons (Fsp3) is 0.167. The van der Waals surface area contributed by atoms with Gasteiger partial charge < -0.3 is 10.2 Å². The predicted molar refractivity (Wildman–Crippen MR) is 142 cm³/mol. The van der Waals surface area contributed by atoms with Gasteiger partial charge in [-0.15, -0.1) is 10.2 Å². The highest BCUT2D eigenvalue weighted by atomic mass is 16.1. The summed E-state index contributed by atoms with van der Waals surface area (Å²) in [5, 5.41) is 13.2. The number of amides is 1. The average molecular weight is 474 g/mol. The molecule has 0 aliphatic carbocycles. The smallest absolute Gasteiger partial charge is 0.224 e. The van der Waals surface area contributed by atoms with Crippen LogP contribution < -0.4 is 10.2 Å². The van der Waals surface area contributed by atoms with Gasteiger partial charge >= 0.3 is 0 Å². The van der Waals surface area contributed by atoms with Crippen LogP contribution in [0.15, 0.2) is 97.2 Å². The van der Waals surface area contributed by atoms with E-state index in [0.717, 1.165) is 53.2 Å². The van der Waals surface area contributed by atoms with E-state index in [1.807, 2.05) is 65.4 Å². The number of aromatic nitrogens is 3. The predicted octanol–water partition coefficient (Wildman–Crippen LogP) is 4.84. The van der Waals surface area contributed by atoms with Gasteiger partial charge in [-0.2, -0.15) is 0 Å². The molecule has 0 radical (unpaired) electrons. The molecule has 0 saturated carbocycles. The molecule has 1 aliphatic heterocycles. The summed E-state index contributed by atoms with van der Waals surface area (Å²) in [6.45, 7) is 2.30. The van der Waals surface area contributed by atoms with E-state index in [0.29, 0.717) is 13.0 Å². The van der Waals surface area contributed by atoms with E-state index in [1.54, 1.807) is 0 Å². The molecule has 5 aromatic rings. The molecule has 0 saturated heterocycles. The Balaban J connectivity index is 1.21. The van der Waals surface area contributed by atoms with Crippen molar-refractivity contribution in [3.8, 4) is 5.82 Å². The van der Waals surface area contributed by atoms with E-state index >= 15 is 0 Å². The molecule has 0 bridgehead atoms. The van der Waals surface area contributed by atoms with E-state index in [1.165, 1.54) is 11.1 Å². The average Bonchev–Trinajstić information content (AvgIpc) is 3.30. The van der Waals surface area contributed by atoms with Gasteiger partial charge in [-0.05, 0) is 46.9 Å². The van der Waals surface area contributed by atoms with Crippen molar-refractivity contribution in [1.82, 2.24) is 20.1 Å². The van der Waals surface area contributed by atoms with Crippen molar-refractivity contribution in [3.63, 3.8) is 0 Å². The summed E-state index contributed by atoms with van der Waals surface area (Å²) < 4.78 is 2.03. The van der Waals surface area contributed by atoms with Gasteiger partial charge in [0.15, 0.2) is 11.6 Å². The van der Waals surface area contributed by atoms with Crippen LogP contribution in [0, 0.1) is 0 Å². The Kier molecular flexibility index (Phi) is 5.91. The van der Waals surface area contributed by atoms with E-state index < -0.39 is 0 Å². The minimum atomic E-state index is -0.00596. The first-order chi connectivity index (χ1) is 17.7. The number of nitrogens with one attached hydrogen (secondary N) is 1. The lowest BCUT2D eigenvalue weighted by molar-refractivity contribution is -0.120. The second-order valence-corrected chi connectivity index (χ2v) is 9.17. The number of para-hydroxylation sites is 1. The summed E-state index contributed by atoms with van der Waals surface area (Å²) in [7, 11) is 0. The molecule has 0 fully saturated rings. The third-order valence-electron chi connectivity index (χ3n) is 6.82. The molecular formula is C30H27N5O. The summed E-state index contributed by atoms with van der Waals surface area (Å²) in [4.78, 5) is 15.0. The van der Waals surface area contributed by atoms with Gasteiger partial charge in [0.2, 0.25) is 5.91 Å². The Morgan fingerprint density at radius 2 is 1.53 bits per heavy atom. The highest BCUT2D eigenvalue weighted by molar-refractivity contribution is 5.90. The van der Waals surface area contributed by atoms with Crippen molar-refractivity contribution < 1.29 is 4.79 Å². The van der Waals surface area contributed by atoms with E-state index in [9.17, 15) is 4.79 Å². The molecule has 0 atom stereocenters. The fourth-order valence-electron chi connectivity index (χ4n) is 4.92. The molecule has 0 unspecified atom stereocenters. The molecule has 3 aromatic carbocycles. The molecule has 178 valence electrons. The maximum atomic E-state index is 12.7. The minimum absolute atomic E-state index is 0.00596. The first kappa shape index (κ1) is 22.0. The zero-order valence-corrected chi connectivity index (χ0v) is 20.0. The van der Waals surface area contributed by atoms with Crippen LogP contribution in [0.5, 0.6) is 0 Å². The molecule has 1 N–H and O–H groups in total. The Hall–Kier alpha value is -4.45. The number of anilines is 1. The van der Waals surface area contributed by atoms with Crippen LogP contribution in [0.2, 0.25) is 0 Å². The largest absolute Gasteiger partial charge is 0.352 e. The molecule has 6 rings (SSSR count). The van der Waals surface area contributed by atoms with Gasteiger partial charge in [-0.1, -0.05) is 72.8 Å². The number of hydrogen-bond donors (Lipinski definition) is 1. The maximum absolute atomic E-state index is 12.7. The Morgan fingerprint density at radius 3 is 2.36 bits per heavy atom. The lowest BCUT2D eigenvalue weighted by atomic mass is 10.00. The van der Waals surface area contributed by atoms with Crippen molar-refractivity contribution in [3.05, 3.63) is 119 Å². The summed E-state index contributed by atoms with van der Waals surface area (Å²) in [5.41, 5.74) is 5.83. The van der Waals surface area contributed by atoms with Crippen molar-refractivity contribution in [2.45, 2.75) is 25.9 Å². The molecule has 1 amide bonds. The highest BCUT2D eigenvalue weighted by Gasteiger charge is 2.18. The second-order valence-electron chi connectivity index (χ2n) is 9.17. The van der Waals surface area contributed by atoms with Gasteiger partial charge in [0.25, 0.3) is 0 Å². The highest BCUT2D eigenvalue weighted by Crippen LogP contribution is 2.26. The third-order valence-corrected chi connectivity index (χ3v) is 6.82. The van der Waals surface area contributed by atoms with Crippen LogP contribution in [0.3, 0.4) is 0 Å². The van der Waals surface area contributed by atoms with Crippen molar-refractivity contribution in [2.75, 3.05) is 11.4 Å². The summed E-state index contributed by atoms with van der Waals surface area (Å²) in [6.07, 6.45) is 3.32. The zero-order chi connectivity index (χ0) is 24.3. The first-order valence-electron chi connectivity index (χ1n) is 12.3. The van der Waals surface area contributed by atoms with E-state index in [2.05, 4.69) is 56.8 Å². The molecule has 0 spiro atoms. The van der Waals surface area contributed by atoms with Crippen molar-refractivity contribution >= 4 is 22.6 Å². The number of hydrogen-bond acceptors (Lipinski definition) is 4. The molecular weight excluding hydrogens is 446 g/mol. The van der Waals surface area contributed by atoms with E-state index in [-0.39, 0.29) is 5.91 Å². The SMILES string of the molecule is O=C(Cc1cn(-c2ccc(N3CCc4ccccc4C3)nn2)c2ccccc12)NCc1ccccc1. The van der Waals surface area contributed by atoms with Gasteiger partial charge in [0, 0.05) is 31.2 Å². The normalized spacial score (nSPS) is 12.9. The molecule has 3 heterocycles. The lowest BCUT2D eigenvalue weighted by Crippen LogP contribution is -2.31. The minimum Gasteiger partial charge on any atom is -0.352 e. The molecule has 1 aliphatic rings. The second kappa shape index (κ2) is 9.66. The molecule has 36 heavy (non-hydrogen) atoms. The fourth-order valence-corrected chi connectivity index (χ4v) is 4.92. The summed E-state index contributed by atoms with van der Waals surface area (Å²) in [5.74, 6) is 1.61. The Bertz CT molecular complexity index is 1510. The number of rotatable bonds is 6. The number of carbonyl (C=O) groups is 1. The lowest BCUT2D eigenvalue weighted by Gasteiger charge is -2.29. The number of benzene rings is 3. The number of carbonyl (C=O) groups excluding carboxylic acids is 1. The van der Waals surface area contributed by atoms with Crippen LogP contribution in [-0.2, 0) is 30.7 Å². The van der Waals surface area contributed by atoms with Crippen LogP contribution in [-0.4, -0.2) is 27.2 Å². The van der Waals surface area contributed by atoms with Crippen LogP contribution >= 0.6 is 0 Å². The summed E-state index contributed by atoms with van der Waals surface area (Å²) in [6, 6.07) is 30.7. The third kappa shape index (κ3) is 4.45. The van der Waals surface area contributed by atoms with Crippen molar-refractivity contribution in [2.24, 2.45) is 0 Å². The van der Waals surface area contributed by atoms with Gasteiger partial charge in [-0.3, -0.25) is 9.36 Å². The topological polar surface area (TPSA) is 63.1 Å². The monoisotopic (exact) mass is 473 g/mol. The first-order valence-corrected chi connectivity index (χ1v) is 12.3. The molecule has 2 aromatic heterocycles. The number of nitrogens with zero attached hydrogens (tertiary/aromatic N) is 4.